The first kappa shape index (κ1) is 33.8. The van der Waals surface area contributed by atoms with E-state index < -0.39 is 0 Å². The van der Waals surface area contributed by atoms with Gasteiger partial charge in [-0.2, -0.15) is 0 Å². The zero-order valence-corrected chi connectivity index (χ0v) is 26.5. The smallest absolute Gasteiger partial charge is 0.275 e. The lowest BCUT2D eigenvalue weighted by Gasteiger charge is -2.54. The summed E-state index contributed by atoms with van der Waals surface area (Å²) in [4.78, 5) is 39.5. The van der Waals surface area contributed by atoms with Crippen molar-refractivity contribution in [1.29, 1.82) is 0 Å². The van der Waals surface area contributed by atoms with Gasteiger partial charge in [0.2, 0.25) is 11.8 Å². The van der Waals surface area contributed by atoms with Gasteiger partial charge in [0.25, 0.3) is 5.91 Å². The maximum atomic E-state index is 13.3. The van der Waals surface area contributed by atoms with Gasteiger partial charge in [-0.3, -0.25) is 14.4 Å². The molecule has 0 radical (unpaired) electrons. The minimum atomic E-state index is 0.00438. The number of hydrogen-bond acceptors (Lipinski definition) is 4. The van der Waals surface area contributed by atoms with Crippen LogP contribution in [-0.4, -0.2) is 63.0 Å². The van der Waals surface area contributed by atoms with Crippen molar-refractivity contribution in [1.82, 2.24) is 16.0 Å². The lowest BCUT2D eigenvalue weighted by atomic mass is 9.54. The number of amides is 3. The summed E-state index contributed by atoms with van der Waals surface area (Å²) in [6, 6.07) is 0.366. The first-order valence-electron chi connectivity index (χ1n) is 17.2. The molecule has 6 N–H and O–H groups in total. The number of rotatable bonds is 21. The molecule has 3 atom stereocenters. The predicted molar refractivity (Wildman–Crippen MR) is 165 cm³/mol. The van der Waals surface area contributed by atoms with Crippen LogP contribution in [0.1, 0.15) is 111 Å². The Bertz CT molecular complexity index is 742. The van der Waals surface area contributed by atoms with E-state index in [2.05, 4.69) is 22.9 Å². The molecule has 236 valence electrons. The van der Waals surface area contributed by atoms with Crippen LogP contribution < -0.4 is 26.6 Å². The Morgan fingerprint density at radius 3 is 1.76 bits per heavy atom. The highest BCUT2D eigenvalue weighted by atomic mass is 16.2. The molecule has 8 nitrogen and oxygen atoms in total. The Labute approximate surface area is 250 Å². The number of carbonyl (C=O) groups is 3. The van der Waals surface area contributed by atoms with E-state index in [-0.39, 0.29) is 29.6 Å². The van der Waals surface area contributed by atoms with E-state index in [1.807, 2.05) is 13.8 Å². The monoisotopic (exact) mass is 576 g/mol. The zero-order chi connectivity index (χ0) is 29.6. The van der Waals surface area contributed by atoms with E-state index in [4.69, 9.17) is 5.73 Å². The van der Waals surface area contributed by atoms with Crippen molar-refractivity contribution in [2.45, 2.75) is 117 Å². The molecule has 2 unspecified atom stereocenters. The first-order valence-corrected chi connectivity index (χ1v) is 17.2. The molecule has 4 bridgehead atoms. The number of nitrogens with one attached hydrogen (secondary N) is 4. The van der Waals surface area contributed by atoms with Crippen molar-refractivity contribution in [3.8, 4) is 0 Å². The van der Waals surface area contributed by atoms with Crippen LogP contribution in [0.3, 0.4) is 0 Å². The molecule has 0 saturated heterocycles. The Balaban J connectivity index is 1.42. The van der Waals surface area contributed by atoms with E-state index in [0.717, 1.165) is 69.9 Å². The fraction of sp³-hybridized carbons (Fsp3) is 0.909. The number of quaternary nitrogens is 1. The largest absolute Gasteiger partial charge is 0.356 e. The van der Waals surface area contributed by atoms with Gasteiger partial charge >= 0.3 is 0 Å². The van der Waals surface area contributed by atoms with Crippen LogP contribution >= 0.6 is 0 Å². The molecule has 0 aliphatic heterocycles. The van der Waals surface area contributed by atoms with Gasteiger partial charge < -0.3 is 26.6 Å². The van der Waals surface area contributed by atoms with Crippen LogP contribution in [0.4, 0.5) is 0 Å². The summed E-state index contributed by atoms with van der Waals surface area (Å²) in [5.74, 6) is 3.63. The van der Waals surface area contributed by atoms with Crippen LogP contribution in [0, 0.1) is 35.5 Å². The highest BCUT2D eigenvalue weighted by Crippen LogP contribution is 2.53. The van der Waals surface area contributed by atoms with E-state index in [1.165, 1.54) is 49.8 Å². The van der Waals surface area contributed by atoms with E-state index in [9.17, 15) is 14.4 Å². The lowest BCUT2D eigenvalue weighted by Crippen LogP contribution is -3.13. The molecule has 41 heavy (non-hydrogen) atoms. The van der Waals surface area contributed by atoms with Crippen LogP contribution in [0.5, 0.6) is 0 Å². The second-order valence-electron chi connectivity index (χ2n) is 13.8. The van der Waals surface area contributed by atoms with Crippen molar-refractivity contribution in [3.63, 3.8) is 0 Å². The SMILES string of the molecule is CCCCCC(C)C(=O)NCCC[NH+](CCCNC(=O)[C@@H](C)CCCCN)CC(=O)NC1C2CC3CC(C2)CC1C3. The van der Waals surface area contributed by atoms with Gasteiger partial charge in [-0.1, -0.05) is 46.5 Å². The second-order valence-corrected chi connectivity index (χ2v) is 13.8. The number of unbranched alkanes of at least 4 members (excludes halogenated alkanes) is 3. The number of hydrogen-bond donors (Lipinski definition) is 5. The molecule has 4 saturated carbocycles. The third-order valence-corrected chi connectivity index (χ3v) is 10.2. The van der Waals surface area contributed by atoms with Gasteiger partial charge in [-0.15, -0.1) is 0 Å². The molecule has 0 aromatic carbocycles. The highest BCUT2D eigenvalue weighted by molar-refractivity contribution is 5.78. The Morgan fingerprint density at radius 2 is 1.27 bits per heavy atom. The molecular weight excluding hydrogens is 514 g/mol. The molecule has 0 heterocycles. The molecule has 4 aliphatic rings. The lowest BCUT2D eigenvalue weighted by molar-refractivity contribution is -0.892. The average Bonchev–Trinajstić information content (AvgIpc) is 2.94. The van der Waals surface area contributed by atoms with Crippen molar-refractivity contribution in [3.05, 3.63) is 0 Å². The summed E-state index contributed by atoms with van der Waals surface area (Å²) >= 11 is 0. The van der Waals surface area contributed by atoms with Gasteiger partial charge in [-0.05, 0) is 81.6 Å². The van der Waals surface area contributed by atoms with Crippen LogP contribution in [0.25, 0.3) is 0 Å². The van der Waals surface area contributed by atoms with Crippen molar-refractivity contribution < 1.29 is 19.3 Å². The summed E-state index contributed by atoms with van der Waals surface area (Å²) in [5.41, 5.74) is 5.58. The standard InChI is InChI=1S/C33H61N5O3/c1-4-5-6-11-24(2)32(40)35-14-9-16-38(17-10-15-36-33(41)25(3)12-7-8-13-34)23-30(39)37-31-28-19-26-18-27(21-28)22-29(31)20-26/h24-29,31H,4-23,34H2,1-3H3,(H,35,40)(H,36,41)(H,37,39)/p+1/t24?,25-,26?,27?,28?,29?,31?/m0/s1. The maximum Gasteiger partial charge on any atom is 0.275 e. The fourth-order valence-corrected chi connectivity index (χ4v) is 7.93. The molecular formula is C33H62N5O3+. The summed E-state index contributed by atoms with van der Waals surface area (Å²) in [6.07, 6.45) is 15.5. The number of carbonyl (C=O) groups excluding carboxylic acids is 3. The van der Waals surface area contributed by atoms with Crippen LogP contribution in [0.15, 0.2) is 0 Å². The van der Waals surface area contributed by atoms with Gasteiger partial charge in [0.15, 0.2) is 6.54 Å². The Hall–Kier alpha value is -1.67. The predicted octanol–water partition coefficient (Wildman–Crippen LogP) is 2.81. The maximum absolute atomic E-state index is 13.3. The third kappa shape index (κ3) is 11.5. The fourth-order valence-electron chi connectivity index (χ4n) is 7.93. The highest BCUT2D eigenvalue weighted by Gasteiger charge is 2.48. The Morgan fingerprint density at radius 1 is 0.756 bits per heavy atom. The average molecular weight is 577 g/mol. The summed E-state index contributed by atoms with van der Waals surface area (Å²) < 4.78 is 0. The molecule has 3 amide bonds. The van der Waals surface area contributed by atoms with Crippen molar-refractivity contribution >= 4 is 17.7 Å². The first-order chi connectivity index (χ1) is 19.8. The Kier molecular flexibility index (Phi) is 14.9. The molecule has 4 fully saturated rings. The van der Waals surface area contributed by atoms with Crippen LogP contribution in [0.2, 0.25) is 0 Å². The van der Waals surface area contributed by atoms with Gasteiger partial charge in [0, 0.05) is 43.8 Å². The topological polar surface area (TPSA) is 118 Å². The number of nitrogens with two attached hydrogens (primary N) is 1. The van der Waals surface area contributed by atoms with Crippen LogP contribution in [-0.2, 0) is 14.4 Å². The molecule has 0 aromatic heterocycles. The third-order valence-electron chi connectivity index (χ3n) is 10.2. The zero-order valence-electron chi connectivity index (χ0n) is 26.5. The summed E-state index contributed by atoms with van der Waals surface area (Å²) in [6.45, 7) is 10.3. The molecule has 4 rings (SSSR count). The molecule has 4 aliphatic carbocycles. The minimum Gasteiger partial charge on any atom is -0.356 e. The van der Waals surface area contributed by atoms with Gasteiger partial charge in [-0.25, -0.2) is 0 Å². The normalized spacial score (nSPS) is 26.8. The quantitative estimate of drug-likeness (QED) is 0.135. The van der Waals surface area contributed by atoms with Gasteiger partial charge in [0.05, 0.1) is 13.1 Å². The second kappa shape index (κ2) is 18.1. The minimum absolute atomic E-state index is 0.00438. The van der Waals surface area contributed by atoms with Crippen molar-refractivity contribution in [2.24, 2.45) is 41.2 Å². The van der Waals surface area contributed by atoms with E-state index >= 15 is 0 Å². The molecule has 8 heteroatoms. The summed E-state index contributed by atoms with van der Waals surface area (Å²) in [7, 11) is 0. The molecule has 0 spiro atoms. The van der Waals surface area contributed by atoms with Crippen molar-refractivity contribution in [2.75, 3.05) is 39.3 Å². The van der Waals surface area contributed by atoms with E-state index in [1.54, 1.807) is 0 Å². The summed E-state index contributed by atoms with van der Waals surface area (Å²) in [5, 5.41) is 9.69. The van der Waals surface area contributed by atoms with Gasteiger partial charge in [0.1, 0.15) is 0 Å². The van der Waals surface area contributed by atoms with E-state index in [0.29, 0.717) is 44.1 Å². The molecule has 0 aromatic rings.